The molecule has 0 unspecified atom stereocenters. The van der Waals surface area contributed by atoms with Crippen LogP contribution >= 0.6 is 0 Å². The number of imidazole rings is 1. The summed E-state index contributed by atoms with van der Waals surface area (Å²) in [7, 11) is 0. The SMILES string of the molecule is CCN(CC)C(=O)c1ccc(-n2ccnc2C)nn1. The third-order valence-corrected chi connectivity index (χ3v) is 2.99. The van der Waals surface area contributed by atoms with Gasteiger partial charge in [0, 0.05) is 25.5 Å². The van der Waals surface area contributed by atoms with Crippen LogP contribution in [0.15, 0.2) is 24.5 Å². The molecular weight excluding hydrogens is 242 g/mol. The lowest BCUT2D eigenvalue weighted by molar-refractivity contribution is 0.0766. The Morgan fingerprint density at radius 3 is 2.47 bits per heavy atom. The Bertz CT molecular complexity index is 557. The summed E-state index contributed by atoms with van der Waals surface area (Å²) in [6, 6.07) is 3.47. The lowest BCUT2D eigenvalue weighted by Crippen LogP contribution is -2.31. The predicted molar refractivity (Wildman–Crippen MR) is 71.1 cm³/mol. The van der Waals surface area contributed by atoms with Crippen LogP contribution in [0.25, 0.3) is 5.82 Å². The van der Waals surface area contributed by atoms with E-state index in [1.807, 2.05) is 31.5 Å². The summed E-state index contributed by atoms with van der Waals surface area (Å²) >= 11 is 0. The van der Waals surface area contributed by atoms with Crippen LogP contribution in [0.2, 0.25) is 0 Å². The highest BCUT2D eigenvalue weighted by molar-refractivity contribution is 5.92. The van der Waals surface area contributed by atoms with E-state index in [1.165, 1.54) is 0 Å². The number of hydrogen-bond donors (Lipinski definition) is 0. The third-order valence-electron chi connectivity index (χ3n) is 2.99. The van der Waals surface area contributed by atoms with Gasteiger partial charge < -0.3 is 4.90 Å². The van der Waals surface area contributed by atoms with E-state index in [-0.39, 0.29) is 5.91 Å². The van der Waals surface area contributed by atoms with E-state index in [2.05, 4.69) is 15.2 Å². The zero-order valence-corrected chi connectivity index (χ0v) is 11.4. The van der Waals surface area contributed by atoms with Crippen molar-refractivity contribution >= 4 is 5.91 Å². The van der Waals surface area contributed by atoms with Crippen LogP contribution in [0.1, 0.15) is 30.2 Å². The Hall–Kier alpha value is -2.24. The molecule has 0 radical (unpaired) electrons. The largest absolute Gasteiger partial charge is 0.338 e. The number of nitrogens with zero attached hydrogens (tertiary/aromatic N) is 5. The molecule has 0 spiro atoms. The number of carbonyl (C=O) groups excluding carboxylic acids is 1. The van der Waals surface area contributed by atoms with Crippen molar-refractivity contribution in [3.63, 3.8) is 0 Å². The molecule has 0 fully saturated rings. The van der Waals surface area contributed by atoms with E-state index in [9.17, 15) is 4.79 Å². The van der Waals surface area contributed by atoms with E-state index in [0.717, 1.165) is 5.82 Å². The van der Waals surface area contributed by atoms with Crippen LogP contribution < -0.4 is 0 Å². The van der Waals surface area contributed by atoms with E-state index in [0.29, 0.717) is 24.6 Å². The van der Waals surface area contributed by atoms with E-state index < -0.39 is 0 Å². The maximum atomic E-state index is 12.1. The molecule has 2 rings (SSSR count). The molecule has 0 saturated carbocycles. The predicted octanol–water partition coefficient (Wildman–Crippen LogP) is 1.45. The quantitative estimate of drug-likeness (QED) is 0.833. The van der Waals surface area contributed by atoms with Gasteiger partial charge in [-0.1, -0.05) is 0 Å². The number of carbonyl (C=O) groups is 1. The fraction of sp³-hybridized carbons (Fsp3) is 0.385. The van der Waals surface area contributed by atoms with E-state index >= 15 is 0 Å². The summed E-state index contributed by atoms with van der Waals surface area (Å²) in [5.74, 6) is 1.40. The molecular formula is C13H17N5O. The molecule has 0 atom stereocenters. The van der Waals surface area contributed by atoms with Crippen molar-refractivity contribution in [2.75, 3.05) is 13.1 Å². The van der Waals surface area contributed by atoms with Gasteiger partial charge in [-0.05, 0) is 32.9 Å². The first-order valence-electron chi connectivity index (χ1n) is 6.30. The van der Waals surface area contributed by atoms with Crippen LogP contribution in [0.5, 0.6) is 0 Å². The normalized spacial score (nSPS) is 10.5. The van der Waals surface area contributed by atoms with Gasteiger partial charge in [0.05, 0.1) is 0 Å². The number of aromatic nitrogens is 4. The van der Waals surface area contributed by atoms with Gasteiger partial charge in [0.15, 0.2) is 11.5 Å². The fourth-order valence-electron chi connectivity index (χ4n) is 1.86. The van der Waals surface area contributed by atoms with Crippen molar-refractivity contribution < 1.29 is 4.79 Å². The Morgan fingerprint density at radius 2 is 2.00 bits per heavy atom. The first-order chi connectivity index (χ1) is 9.17. The molecule has 19 heavy (non-hydrogen) atoms. The zero-order valence-electron chi connectivity index (χ0n) is 11.4. The molecule has 0 aromatic carbocycles. The Kier molecular flexibility index (Phi) is 3.89. The van der Waals surface area contributed by atoms with Gasteiger partial charge in [0.25, 0.3) is 5.91 Å². The van der Waals surface area contributed by atoms with E-state index in [1.54, 1.807) is 23.2 Å². The van der Waals surface area contributed by atoms with Gasteiger partial charge in [-0.25, -0.2) is 4.98 Å². The smallest absolute Gasteiger partial charge is 0.274 e. The highest BCUT2D eigenvalue weighted by Gasteiger charge is 2.14. The van der Waals surface area contributed by atoms with Crippen molar-refractivity contribution in [3.8, 4) is 5.82 Å². The molecule has 0 N–H and O–H groups in total. The lowest BCUT2D eigenvalue weighted by Gasteiger charge is -2.17. The Morgan fingerprint density at radius 1 is 1.26 bits per heavy atom. The second kappa shape index (κ2) is 5.60. The van der Waals surface area contributed by atoms with Crippen LogP contribution in [-0.2, 0) is 0 Å². The topological polar surface area (TPSA) is 63.9 Å². The maximum Gasteiger partial charge on any atom is 0.274 e. The standard InChI is InChI=1S/C13H17N5O/c1-4-17(5-2)13(19)11-6-7-12(16-15-11)18-9-8-14-10(18)3/h6-9H,4-5H2,1-3H3. The average Bonchev–Trinajstić information content (AvgIpc) is 2.86. The Labute approximate surface area is 112 Å². The number of rotatable bonds is 4. The molecule has 0 saturated heterocycles. The average molecular weight is 259 g/mol. The molecule has 100 valence electrons. The second-order valence-electron chi connectivity index (χ2n) is 4.10. The first-order valence-corrected chi connectivity index (χ1v) is 6.30. The minimum atomic E-state index is -0.0913. The maximum absolute atomic E-state index is 12.1. The number of aryl methyl sites for hydroxylation is 1. The fourth-order valence-corrected chi connectivity index (χ4v) is 1.86. The van der Waals surface area contributed by atoms with Crippen LogP contribution in [0.3, 0.4) is 0 Å². The van der Waals surface area contributed by atoms with Crippen molar-refractivity contribution in [1.82, 2.24) is 24.6 Å². The van der Waals surface area contributed by atoms with Crippen molar-refractivity contribution in [1.29, 1.82) is 0 Å². The summed E-state index contributed by atoms with van der Waals surface area (Å²) in [6.45, 7) is 7.10. The van der Waals surface area contributed by atoms with Gasteiger partial charge in [0.1, 0.15) is 5.82 Å². The van der Waals surface area contributed by atoms with Gasteiger partial charge in [-0.2, -0.15) is 0 Å². The highest BCUT2D eigenvalue weighted by Crippen LogP contribution is 2.07. The summed E-state index contributed by atoms with van der Waals surface area (Å²) in [5, 5.41) is 8.08. The summed E-state index contributed by atoms with van der Waals surface area (Å²) < 4.78 is 1.82. The molecule has 2 aromatic heterocycles. The number of amides is 1. The molecule has 0 aliphatic heterocycles. The molecule has 6 nitrogen and oxygen atoms in total. The number of hydrogen-bond acceptors (Lipinski definition) is 4. The van der Waals surface area contributed by atoms with Gasteiger partial charge in [-0.15, -0.1) is 10.2 Å². The summed E-state index contributed by atoms with van der Waals surface area (Å²) in [4.78, 5) is 17.9. The molecule has 2 heterocycles. The minimum Gasteiger partial charge on any atom is -0.338 e. The molecule has 0 aliphatic carbocycles. The highest BCUT2D eigenvalue weighted by atomic mass is 16.2. The van der Waals surface area contributed by atoms with Crippen molar-refractivity contribution in [3.05, 3.63) is 36.0 Å². The molecule has 0 bridgehead atoms. The third kappa shape index (κ3) is 2.62. The minimum absolute atomic E-state index is 0.0913. The van der Waals surface area contributed by atoms with Crippen molar-refractivity contribution in [2.45, 2.75) is 20.8 Å². The van der Waals surface area contributed by atoms with Crippen LogP contribution in [0, 0.1) is 6.92 Å². The molecule has 2 aromatic rings. The zero-order chi connectivity index (χ0) is 13.8. The Balaban J connectivity index is 2.24. The second-order valence-corrected chi connectivity index (χ2v) is 4.10. The lowest BCUT2D eigenvalue weighted by atomic mass is 10.3. The van der Waals surface area contributed by atoms with Crippen LogP contribution in [-0.4, -0.2) is 43.6 Å². The van der Waals surface area contributed by atoms with Gasteiger partial charge in [0.2, 0.25) is 0 Å². The van der Waals surface area contributed by atoms with Crippen LogP contribution in [0.4, 0.5) is 0 Å². The molecule has 1 amide bonds. The molecule has 6 heteroatoms. The monoisotopic (exact) mass is 259 g/mol. The van der Waals surface area contributed by atoms with Gasteiger partial charge >= 0.3 is 0 Å². The summed E-state index contributed by atoms with van der Waals surface area (Å²) in [5.41, 5.74) is 0.366. The summed E-state index contributed by atoms with van der Waals surface area (Å²) in [6.07, 6.45) is 3.51. The van der Waals surface area contributed by atoms with Gasteiger partial charge in [-0.3, -0.25) is 9.36 Å². The first kappa shape index (κ1) is 13.2. The van der Waals surface area contributed by atoms with E-state index in [4.69, 9.17) is 0 Å². The van der Waals surface area contributed by atoms with Crippen molar-refractivity contribution in [2.24, 2.45) is 0 Å². The molecule has 0 aliphatic rings.